The van der Waals surface area contributed by atoms with Crippen LogP contribution in [0.3, 0.4) is 0 Å². The molecule has 1 saturated heterocycles. The molecule has 4 aromatic rings. The third-order valence-electron chi connectivity index (χ3n) is 6.19. The molecule has 0 radical (unpaired) electrons. The molecular formula is C26H27N3O. The molecule has 0 aliphatic carbocycles. The van der Waals surface area contributed by atoms with Gasteiger partial charge in [-0.05, 0) is 53.9 Å². The molecule has 0 N–H and O–H groups in total. The minimum atomic E-state index is 0.704. The van der Waals surface area contributed by atoms with E-state index >= 15 is 0 Å². The molecule has 5 rings (SSSR count). The summed E-state index contributed by atoms with van der Waals surface area (Å²) in [5.41, 5.74) is 6.10. The van der Waals surface area contributed by atoms with Crippen LogP contribution in [0.2, 0.25) is 0 Å². The summed E-state index contributed by atoms with van der Waals surface area (Å²) >= 11 is 0. The largest absolute Gasteiger partial charge is 0.444 e. The molecule has 1 aliphatic heterocycles. The Hall–Kier alpha value is -3.11. The molecule has 0 bridgehead atoms. The minimum Gasteiger partial charge on any atom is -0.444 e. The van der Waals surface area contributed by atoms with Gasteiger partial charge in [-0.25, -0.2) is 4.98 Å². The van der Waals surface area contributed by atoms with Crippen molar-refractivity contribution in [2.45, 2.75) is 20.4 Å². The van der Waals surface area contributed by atoms with Gasteiger partial charge in [-0.15, -0.1) is 0 Å². The lowest BCUT2D eigenvalue weighted by atomic mass is 10.0. The predicted molar refractivity (Wildman–Crippen MR) is 123 cm³/mol. The zero-order chi connectivity index (χ0) is 20.5. The Bertz CT molecular complexity index is 1170. The third kappa shape index (κ3) is 3.71. The summed E-state index contributed by atoms with van der Waals surface area (Å²) in [5, 5.41) is 2.38. The van der Waals surface area contributed by atoms with E-state index in [1.54, 1.807) is 0 Å². The molecule has 0 unspecified atom stereocenters. The van der Waals surface area contributed by atoms with Crippen LogP contribution in [-0.4, -0.2) is 36.1 Å². The Kier molecular flexibility index (Phi) is 5.01. The lowest BCUT2D eigenvalue weighted by Crippen LogP contribution is -2.46. The van der Waals surface area contributed by atoms with Crippen molar-refractivity contribution in [1.82, 2.24) is 9.88 Å². The molecule has 3 aromatic carbocycles. The Morgan fingerprint density at radius 3 is 2.50 bits per heavy atom. The average Bonchev–Trinajstić information content (AvgIpc) is 3.24. The van der Waals surface area contributed by atoms with Gasteiger partial charge in [0.05, 0.1) is 5.69 Å². The molecule has 4 nitrogen and oxygen atoms in total. The van der Waals surface area contributed by atoms with Gasteiger partial charge in [0.2, 0.25) is 5.89 Å². The highest BCUT2D eigenvalue weighted by atomic mass is 16.3. The van der Waals surface area contributed by atoms with Crippen LogP contribution in [0.4, 0.5) is 5.69 Å². The summed E-state index contributed by atoms with van der Waals surface area (Å²) in [4.78, 5) is 9.74. The highest BCUT2D eigenvalue weighted by molar-refractivity contribution is 5.94. The monoisotopic (exact) mass is 397 g/mol. The number of aryl methyl sites for hydroxylation is 2. The Balaban J connectivity index is 1.26. The second-order valence-electron chi connectivity index (χ2n) is 8.20. The third-order valence-corrected chi connectivity index (χ3v) is 6.19. The van der Waals surface area contributed by atoms with E-state index in [0.29, 0.717) is 5.89 Å². The fraction of sp³-hybridized carbons (Fsp3) is 0.269. The second kappa shape index (κ2) is 7.96. The first-order valence-corrected chi connectivity index (χ1v) is 10.6. The molecule has 30 heavy (non-hydrogen) atoms. The van der Waals surface area contributed by atoms with Crippen molar-refractivity contribution in [2.24, 2.45) is 0 Å². The van der Waals surface area contributed by atoms with Crippen LogP contribution >= 0.6 is 0 Å². The maximum Gasteiger partial charge on any atom is 0.226 e. The van der Waals surface area contributed by atoms with Crippen LogP contribution in [-0.2, 0) is 6.54 Å². The number of benzene rings is 3. The average molecular weight is 398 g/mol. The highest BCUT2D eigenvalue weighted by Gasteiger charge is 2.19. The maximum atomic E-state index is 5.87. The number of rotatable bonds is 4. The molecular weight excluding hydrogens is 370 g/mol. The van der Waals surface area contributed by atoms with Crippen LogP contribution in [0.1, 0.15) is 16.8 Å². The molecule has 0 saturated carbocycles. The lowest BCUT2D eigenvalue weighted by molar-refractivity contribution is 0.247. The molecule has 4 heteroatoms. The molecule has 1 aliphatic rings. The van der Waals surface area contributed by atoms with Crippen LogP contribution in [0.15, 0.2) is 71.3 Å². The zero-order valence-corrected chi connectivity index (χ0v) is 17.6. The first-order chi connectivity index (χ1) is 14.7. The van der Waals surface area contributed by atoms with Gasteiger partial charge in [0.25, 0.3) is 0 Å². The molecule has 1 aromatic heterocycles. The van der Waals surface area contributed by atoms with Gasteiger partial charge in [0.1, 0.15) is 6.26 Å². The fourth-order valence-corrected chi connectivity index (χ4v) is 4.23. The SMILES string of the molecule is Cc1ccc(N2CCN(Cc3coc(-c4cccc5ccccc45)n3)CC2)cc1C. The summed E-state index contributed by atoms with van der Waals surface area (Å²) in [6.45, 7) is 9.32. The van der Waals surface area contributed by atoms with Crippen molar-refractivity contribution >= 4 is 16.5 Å². The van der Waals surface area contributed by atoms with Gasteiger partial charge in [-0.1, -0.05) is 42.5 Å². The van der Waals surface area contributed by atoms with E-state index in [9.17, 15) is 0 Å². The molecule has 0 amide bonds. The van der Waals surface area contributed by atoms with Crippen molar-refractivity contribution in [3.63, 3.8) is 0 Å². The van der Waals surface area contributed by atoms with Crippen LogP contribution in [0.5, 0.6) is 0 Å². The van der Waals surface area contributed by atoms with E-state index in [2.05, 4.69) is 84.3 Å². The van der Waals surface area contributed by atoms with Crippen LogP contribution in [0, 0.1) is 13.8 Å². The van der Waals surface area contributed by atoms with Crippen LogP contribution in [0.25, 0.3) is 22.2 Å². The summed E-state index contributed by atoms with van der Waals surface area (Å²) in [7, 11) is 0. The first-order valence-electron chi connectivity index (χ1n) is 10.6. The molecule has 2 heterocycles. The van der Waals surface area contributed by atoms with E-state index in [-0.39, 0.29) is 0 Å². The van der Waals surface area contributed by atoms with Crippen LogP contribution < -0.4 is 4.90 Å². The molecule has 1 fully saturated rings. The van der Waals surface area contributed by atoms with Crippen molar-refractivity contribution in [3.8, 4) is 11.5 Å². The molecule has 152 valence electrons. The zero-order valence-electron chi connectivity index (χ0n) is 17.6. The normalized spacial score (nSPS) is 15.1. The minimum absolute atomic E-state index is 0.704. The van der Waals surface area contributed by atoms with Crippen molar-refractivity contribution in [2.75, 3.05) is 31.1 Å². The topological polar surface area (TPSA) is 32.5 Å². The van der Waals surface area contributed by atoms with Gasteiger partial charge < -0.3 is 9.32 Å². The highest BCUT2D eigenvalue weighted by Crippen LogP contribution is 2.28. The van der Waals surface area contributed by atoms with Gasteiger partial charge >= 0.3 is 0 Å². The second-order valence-corrected chi connectivity index (χ2v) is 8.20. The quantitative estimate of drug-likeness (QED) is 0.459. The fourth-order valence-electron chi connectivity index (χ4n) is 4.23. The number of aromatic nitrogens is 1. The Morgan fingerprint density at radius 2 is 1.67 bits per heavy atom. The number of hydrogen-bond donors (Lipinski definition) is 0. The first kappa shape index (κ1) is 18.9. The number of oxazole rings is 1. The van der Waals surface area contributed by atoms with E-state index in [4.69, 9.17) is 9.40 Å². The van der Waals surface area contributed by atoms with Gasteiger partial charge in [-0.3, -0.25) is 4.90 Å². The summed E-state index contributed by atoms with van der Waals surface area (Å²) in [6.07, 6.45) is 1.81. The number of fused-ring (bicyclic) bond motifs is 1. The van der Waals surface area contributed by atoms with E-state index in [0.717, 1.165) is 44.0 Å². The summed E-state index contributed by atoms with van der Waals surface area (Å²) in [6, 6.07) is 21.4. The lowest BCUT2D eigenvalue weighted by Gasteiger charge is -2.36. The standard InChI is InChI=1S/C26H27N3O/c1-19-10-11-23(16-20(19)2)29-14-12-28(13-15-29)17-22-18-30-26(27-22)25-9-5-7-21-6-3-4-8-24(21)25/h3-11,16,18H,12-15,17H2,1-2H3. The number of piperazine rings is 1. The van der Waals surface area contributed by atoms with Crippen molar-refractivity contribution < 1.29 is 4.42 Å². The van der Waals surface area contributed by atoms with E-state index in [1.807, 2.05) is 6.26 Å². The van der Waals surface area contributed by atoms with Gasteiger partial charge in [-0.2, -0.15) is 0 Å². The number of nitrogens with zero attached hydrogens (tertiary/aromatic N) is 3. The van der Waals surface area contributed by atoms with Gasteiger partial charge in [0.15, 0.2) is 0 Å². The van der Waals surface area contributed by atoms with Crippen molar-refractivity contribution in [1.29, 1.82) is 0 Å². The van der Waals surface area contributed by atoms with E-state index in [1.165, 1.54) is 27.6 Å². The van der Waals surface area contributed by atoms with Crippen molar-refractivity contribution in [3.05, 3.63) is 83.7 Å². The number of hydrogen-bond acceptors (Lipinski definition) is 4. The maximum absolute atomic E-state index is 5.87. The predicted octanol–water partition coefficient (Wildman–Crippen LogP) is 5.43. The van der Waals surface area contributed by atoms with Gasteiger partial charge in [0, 0.05) is 44.0 Å². The smallest absolute Gasteiger partial charge is 0.226 e. The summed E-state index contributed by atoms with van der Waals surface area (Å²) < 4.78 is 5.87. The van der Waals surface area contributed by atoms with E-state index < -0.39 is 0 Å². The Morgan fingerprint density at radius 1 is 0.867 bits per heavy atom. The molecule has 0 spiro atoms. The molecule has 0 atom stereocenters. The number of anilines is 1. The Labute approximate surface area is 177 Å². The summed E-state index contributed by atoms with van der Waals surface area (Å²) in [5.74, 6) is 0.704.